The van der Waals surface area contributed by atoms with Gasteiger partial charge in [0.25, 0.3) is 0 Å². The van der Waals surface area contributed by atoms with Crippen molar-refractivity contribution in [2.45, 2.75) is 50.5 Å². The van der Waals surface area contributed by atoms with Crippen LogP contribution in [0.25, 0.3) is 10.9 Å². The van der Waals surface area contributed by atoms with Gasteiger partial charge in [-0.05, 0) is 80.3 Å². The van der Waals surface area contributed by atoms with Gasteiger partial charge in [-0.25, -0.2) is 0 Å². The second-order valence-corrected chi connectivity index (χ2v) is 9.00. The van der Waals surface area contributed by atoms with Gasteiger partial charge in [0.2, 0.25) is 5.91 Å². The first kappa shape index (κ1) is 19.4. The Labute approximate surface area is 182 Å². The molecule has 5 rings (SSSR count). The molecule has 1 heterocycles. The molecule has 0 saturated heterocycles. The minimum atomic E-state index is 0.183. The summed E-state index contributed by atoms with van der Waals surface area (Å²) in [5.74, 6) is 0.900. The summed E-state index contributed by atoms with van der Waals surface area (Å²) in [7, 11) is 0. The number of rotatable bonds is 5. The second kappa shape index (κ2) is 8.27. The van der Waals surface area contributed by atoms with E-state index in [9.17, 15) is 4.79 Å². The Kier molecular flexibility index (Phi) is 5.34. The molecule has 0 radical (unpaired) electrons. The number of benzene rings is 2. The molecule has 0 unspecified atom stereocenters. The molecule has 2 N–H and O–H groups in total. The van der Waals surface area contributed by atoms with Gasteiger partial charge in [0.1, 0.15) is 0 Å². The van der Waals surface area contributed by atoms with Gasteiger partial charge in [0, 0.05) is 39.9 Å². The molecule has 154 valence electrons. The Morgan fingerprint density at radius 2 is 1.73 bits per heavy atom. The number of carbonyl (C=O) groups excluding carboxylic acids is 1. The van der Waals surface area contributed by atoms with Crippen LogP contribution >= 0.6 is 11.6 Å². The van der Waals surface area contributed by atoms with Crippen LogP contribution in [-0.4, -0.2) is 16.9 Å². The van der Waals surface area contributed by atoms with E-state index in [1.807, 2.05) is 42.6 Å². The largest absolute Gasteiger partial charge is 0.382 e. The molecule has 1 aromatic heterocycles. The molecule has 1 amide bonds. The van der Waals surface area contributed by atoms with Gasteiger partial charge in [0.05, 0.1) is 5.52 Å². The van der Waals surface area contributed by atoms with Crippen LogP contribution in [0, 0.1) is 5.92 Å². The fourth-order valence-corrected chi connectivity index (χ4v) is 4.73. The number of halogens is 1. The molecule has 2 fully saturated rings. The summed E-state index contributed by atoms with van der Waals surface area (Å²) in [6.07, 6.45) is 8.33. The number of hydrogen-bond acceptors (Lipinski definition) is 3. The van der Waals surface area contributed by atoms with Gasteiger partial charge >= 0.3 is 0 Å². The van der Waals surface area contributed by atoms with Crippen LogP contribution in [0.4, 0.5) is 11.4 Å². The van der Waals surface area contributed by atoms with E-state index < -0.39 is 0 Å². The fraction of sp³-hybridized carbons (Fsp3) is 0.360. The fourth-order valence-electron chi connectivity index (χ4n) is 4.56. The van der Waals surface area contributed by atoms with Crippen LogP contribution < -0.4 is 10.6 Å². The summed E-state index contributed by atoms with van der Waals surface area (Å²) < 4.78 is 0. The number of hydrogen-bond donors (Lipinski definition) is 2. The number of pyridine rings is 1. The zero-order valence-electron chi connectivity index (χ0n) is 16.9. The monoisotopic (exact) mass is 419 g/mol. The number of fused-ring (bicyclic) bond motifs is 1. The molecule has 2 saturated carbocycles. The highest BCUT2D eigenvalue weighted by Gasteiger charge is 2.31. The van der Waals surface area contributed by atoms with Gasteiger partial charge < -0.3 is 10.6 Å². The van der Waals surface area contributed by atoms with Gasteiger partial charge in [-0.1, -0.05) is 29.8 Å². The number of amides is 1. The van der Waals surface area contributed by atoms with Crippen molar-refractivity contribution in [3.05, 3.63) is 65.3 Å². The quantitative estimate of drug-likeness (QED) is 0.504. The van der Waals surface area contributed by atoms with Crippen LogP contribution in [0.1, 0.15) is 50.0 Å². The Morgan fingerprint density at radius 3 is 2.53 bits per heavy atom. The molecule has 3 aromatic rings. The highest BCUT2D eigenvalue weighted by atomic mass is 35.5. The number of carbonyl (C=O) groups is 1. The first-order chi connectivity index (χ1) is 14.7. The maximum Gasteiger partial charge on any atom is 0.227 e. The lowest BCUT2D eigenvalue weighted by Crippen LogP contribution is -2.26. The van der Waals surface area contributed by atoms with E-state index in [1.165, 1.54) is 5.56 Å². The maximum atomic E-state index is 12.3. The Balaban J connectivity index is 1.26. The SMILES string of the molecule is O=C(Nc1ccccc1C1CCC(Nc2ccnc3cc(Cl)ccc23)CC1)C1CC1. The minimum Gasteiger partial charge on any atom is -0.382 e. The molecule has 0 bridgehead atoms. The van der Waals surface area contributed by atoms with Gasteiger partial charge in [0.15, 0.2) is 0 Å². The average Bonchev–Trinajstić information content (AvgIpc) is 3.60. The van der Waals surface area contributed by atoms with E-state index in [4.69, 9.17) is 11.6 Å². The van der Waals surface area contributed by atoms with Crippen LogP contribution in [-0.2, 0) is 4.79 Å². The molecular weight excluding hydrogens is 394 g/mol. The van der Waals surface area contributed by atoms with Gasteiger partial charge in [-0.15, -0.1) is 0 Å². The second-order valence-electron chi connectivity index (χ2n) is 8.56. The Bertz CT molecular complexity index is 1070. The van der Waals surface area contributed by atoms with E-state index in [0.29, 0.717) is 17.0 Å². The number of anilines is 2. The third-order valence-corrected chi connectivity index (χ3v) is 6.63. The third kappa shape index (κ3) is 4.15. The Morgan fingerprint density at radius 1 is 0.933 bits per heavy atom. The highest BCUT2D eigenvalue weighted by molar-refractivity contribution is 6.31. The molecule has 0 atom stereocenters. The topological polar surface area (TPSA) is 54.0 Å². The van der Waals surface area contributed by atoms with Crippen molar-refractivity contribution in [3.8, 4) is 0 Å². The van der Waals surface area contributed by atoms with Crippen LogP contribution in [0.15, 0.2) is 54.7 Å². The van der Waals surface area contributed by atoms with Gasteiger partial charge in [-0.3, -0.25) is 9.78 Å². The number of nitrogens with zero attached hydrogens (tertiary/aromatic N) is 1. The maximum absolute atomic E-state index is 12.3. The van der Waals surface area contributed by atoms with Crippen molar-refractivity contribution >= 4 is 39.8 Å². The first-order valence-electron chi connectivity index (χ1n) is 10.9. The zero-order chi connectivity index (χ0) is 20.5. The van der Waals surface area contributed by atoms with E-state index in [1.54, 1.807) is 0 Å². The van der Waals surface area contributed by atoms with E-state index >= 15 is 0 Å². The molecule has 4 nitrogen and oxygen atoms in total. The van der Waals surface area contributed by atoms with Gasteiger partial charge in [-0.2, -0.15) is 0 Å². The number of para-hydroxylation sites is 1. The van der Waals surface area contributed by atoms with Crippen LogP contribution in [0.2, 0.25) is 5.02 Å². The molecule has 2 aromatic carbocycles. The van der Waals surface area contributed by atoms with E-state index in [-0.39, 0.29) is 11.8 Å². The van der Waals surface area contributed by atoms with E-state index in [0.717, 1.165) is 60.8 Å². The smallest absolute Gasteiger partial charge is 0.227 e. The van der Waals surface area contributed by atoms with Crippen LogP contribution in [0.5, 0.6) is 0 Å². The number of nitrogens with one attached hydrogen (secondary N) is 2. The van der Waals surface area contributed by atoms with Crippen LogP contribution in [0.3, 0.4) is 0 Å². The lowest BCUT2D eigenvalue weighted by atomic mass is 9.81. The van der Waals surface area contributed by atoms with Crippen molar-refractivity contribution in [2.24, 2.45) is 5.92 Å². The molecule has 0 aliphatic heterocycles. The average molecular weight is 420 g/mol. The molecule has 0 spiro atoms. The molecule has 2 aliphatic carbocycles. The lowest BCUT2D eigenvalue weighted by Gasteiger charge is -2.31. The highest BCUT2D eigenvalue weighted by Crippen LogP contribution is 2.39. The molecule has 5 heteroatoms. The van der Waals surface area contributed by atoms with Crippen molar-refractivity contribution in [1.29, 1.82) is 0 Å². The van der Waals surface area contributed by atoms with Crippen molar-refractivity contribution in [2.75, 3.05) is 10.6 Å². The summed E-state index contributed by atoms with van der Waals surface area (Å²) >= 11 is 6.12. The van der Waals surface area contributed by atoms with E-state index in [2.05, 4.69) is 27.8 Å². The summed E-state index contributed by atoms with van der Waals surface area (Å²) in [5.41, 5.74) is 4.33. The summed E-state index contributed by atoms with van der Waals surface area (Å²) in [6, 6.07) is 16.7. The summed E-state index contributed by atoms with van der Waals surface area (Å²) in [5, 5.41) is 8.72. The number of aromatic nitrogens is 1. The predicted octanol–water partition coefficient (Wildman–Crippen LogP) is 6.38. The standard InChI is InChI=1S/C25H26ClN3O/c26-18-9-12-21-23(13-14-27-24(21)15-18)28-19-10-7-16(8-11-19)20-3-1-2-4-22(20)29-25(30)17-5-6-17/h1-4,9,12-17,19H,5-8,10-11H2,(H,27,28)(H,29,30). The first-order valence-corrected chi connectivity index (χ1v) is 11.3. The molecular formula is C25H26ClN3O. The lowest BCUT2D eigenvalue weighted by molar-refractivity contribution is -0.117. The minimum absolute atomic E-state index is 0.183. The molecule has 30 heavy (non-hydrogen) atoms. The Hall–Kier alpha value is -2.59. The zero-order valence-corrected chi connectivity index (χ0v) is 17.7. The normalized spacial score (nSPS) is 21.4. The van der Waals surface area contributed by atoms with Crippen molar-refractivity contribution in [3.63, 3.8) is 0 Å². The van der Waals surface area contributed by atoms with Crippen molar-refractivity contribution < 1.29 is 4.79 Å². The third-order valence-electron chi connectivity index (χ3n) is 6.40. The predicted molar refractivity (Wildman–Crippen MR) is 123 cm³/mol. The summed E-state index contributed by atoms with van der Waals surface area (Å²) in [4.78, 5) is 16.7. The van der Waals surface area contributed by atoms with Crippen molar-refractivity contribution in [1.82, 2.24) is 4.98 Å². The molecule has 2 aliphatic rings. The summed E-state index contributed by atoms with van der Waals surface area (Å²) in [6.45, 7) is 0.